The molecule has 3 heterocycles. The van der Waals surface area contributed by atoms with E-state index in [9.17, 15) is 22.4 Å². The molecule has 202 valence electrons. The van der Waals surface area contributed by atoms with Crippen molar-refractivity contribution in [3.8, 4) is 0 Å². The zero-order valence-electron chi connectivity index (χ0n) is 19.6. The van der Waals surface area contributed by atoms with Crippen molar-refractivity contribution in [2.75, 3.05) is 59.2 Å². The zero-order valence-corrected chi connectivity index (χ0v) is 20.3. The molecule has 0 aromatic heterocycles. The highest BCUT2D eigenvalue weighted by Gasteiger charge is 2.44. The van der Waals surface area contributed by atoms with E-state index in [1.807, 2.05) is 0 Å². The molecule has 3 aliphatic heterocycles. The van der Waals surface area contributed by atoms with Gasteiger partial charge in [-0.3, -0.25) is 9.69 Å². The molecule has 1 spiro atoms. The summed E-state index contributed by atoms with van der Waals surface area (Å²) in [5, 5.41) is 7.40. The number of carboxylic acid groups (broad SMARTS) is 1. The number of alkyl halides is 3. The van der Waals surface area contributed by atoms with E-state index >= 15 is 0 Å². The summed E-state index contributed by atoms with van der Waals surface area (Å²) in [6.45, 7) is 6.15. The van der Waals surface area contributed by atoms with E-state index in [1.165, 1.54) is 6.07 Å². The fourth-order valence-corrected chi connectivity index (χ4v) is 4.63. The molecule has 1 aromatic carbocycles. The average Bonchev–Trinajstić information content (AvgIpc) is 3.08. The third kappa shape index (κ3) is 8.01. The Labute approximate surface area is 211 Å². The lowest BCUT2D eigenvalue weighted by atomic mass is 9.99. The standard InChI is InChI=1S/C21H28ClFN2O4.C2HF3O2/c22-18-2-1-3-19(23)17(18)12-20(26)25-8-11-28-15-21(14-25)5-4-16(29-21)13-24-6-9-27-10-7-24;3-2(4,5)1(6)7/h1-3,16H,4-15H2;(H,6,7)/t16-,21-;/m0./s1. The van der Waals surface area contributed by atoms with Gasteiger partial charge in [0.25, 0.3) is 0 Å². The van der Waals surface area contributed by atoms with Gasteiger partial charge in [-0.05, 0) is 25.0 Å². The summed E-state index contributed by atoms with van der Waals surface area (Å²) in [4.78, 5) is 25.9. The van der Waals surface area contributed by atoms with Crippen LogP contribution >= 0.6 is 11.6 Å². The van der Waals surface area contributed by atoms with E-state index in [4.69, 9.17) is 35.7 Å². The van der Waals surface area contributed by atoms with Crippen LogP contribution < -0.4 is 0 Å². The monoisotopic (exact) mass is 540 g/mol. The third-order valence-corrected chi connectivity index (χ3v) is 6.59. The van der Waals surface area contributed by atoms with E-state index in [0.29, 0.717) is 26.3 Å². The van der Waals surface area contributed by atoms with Gasteiger partial charge in [0, 0.05) is 36.8 Å². The Morgan fingerprint density at radius 1 is 1.14 bits per heavy atom. The van der Waals surface area contributed by atoms with Gasteiger partial charge in [0.05, 0.1) is 45.5 Å². The topological polar surface area (TPSA) is 88.5 Å². The van der Waals surface area contributed by atoms with Crippen LogP contribution in [0.3, 0.4) is 0 Å². The first-order chi connectivity index (χ1) is 17.0. The van der Waals surface area contributed by atoms with Crippen LogP contribution in [0.1, 0.15) is 18.4 Å². The molecule has 3 fully saturated rings. The minimum Gasteiger partial charge on any atom is -0.475 e. The Balaban J connectivity index is 0.000000454. The van der Waals surface area contributed by atoms with Gasteiger partial charge in [-0.25, -0.2) is 9.18 Å². The van der Waals surface area contributed by atoms with Crippen molar-refractivity contribution in [1.29, 1.82) is 0 Å². The highest BCUT2D eigenvalue weighted by molar-refractivity contribution is 6.31. The number of nitrogens with zero attached hydrogens (tertiary/aromatic N) is 2. The highest BCUT2D eigenvalue weighted by atomic mass is 35.5. The lowest BCUT2D eigenvalue weighted by Gasteiger charge is -2.33. The molecule has 0 saturated carbocycles. The van der Waals surface area contributed by atoms with E-state index in [-0.39, 0.29) is 29.0 Å². The number of ether oxygens (including phenoxy) is 3. The molecular weight excluding hydrogens is 512 g/mol. The molecule has 3 aliphatic rings. The summed E-state index contributed by atoms with van der Waals surface area (Å²) >= 11 is 6.10. The van der Waals surface area contributed by atoms with Crippen LogP contribution in [-0.2, 0) is 30.2 Å². The van der Waals surface area contributed by atoms with Crippen molar-refractivity contribution >= 4 is 23.5 Å². The second-order valence-corrected chi connectivity index (χ2v) is 9.33. The number of amides is 1. The van der Waals surface area contributed by atoms with Crippen molar-refractivity contribution in [2.24, 2.45) is 0 Å². The maximum absolute atomic E-state index is 14.1. The molecule has 0 bridgehead atoms. The van der Waals surface area contributed by atoms with E-state index in [2.05, 4.69) is 4.90 Å². The minimum absolute atomic E-state index is 0.0568. The summed E-state index contributed by atoms with van der Waals surface area (Å²) in [5.41, 5.74) is -0.238. The molecule has 0 unspecified atom stereocenters. The third-order valence-electron chi connectivity index (χ3n) is 6.24. The van der Waals surface area contributed by atoms with E-state index < -0.39 is 23.6 Å². The van der Waals surface area contributed by atoms with Crippen LogP contribution in [0.2, 0.25) is 5.02 Å². The van der Waals surface area contributed by atoms with Crippen molar-refractivity contribution in [3.63, 3.8) is 0 Å². The molecule has 1 amide bonds. The summed E-state index contributed by atoms with van der Waals surface area (Å²) in [6, 6.07) is 4.48. The molecule has 0 radical (unpaired) electrons. The molecule has 4 rings (SSSR count). The molecule has 0 aliphatic carbocycles. The Hall–Kier alpha value is -1.99. The van der Waals surface area contributed by atoms with Crippen molar-refractivity contribution < 1.29 is 46.5 Å². The first kappa shape index (κ1) is 28.6. The molecule has 13 heteroatoms. The maximum atomic E-state index is 14.1. The number of halogens is 5. The van der Waals surface area contributed by atoms with Crippen molar-refractivity contribution in [2.45, 2.75) is 37.1 Å². The number of benzene rings is 1. The summed E-state index contributed by atoms with van der Waals surface area (Å²) in [5.74, 6) is -3.36. The van der Waals surface area contributed by atoms with Gasteiger partial charge in [0.1, 0.15) is 11.4 Å². The zero-order chi connectivity index (χ0) is 26.3. The number of carboxylic acids is 1. The van der Waals surface area contributed by atoms with Gasteiger partial charge in [-0.2, -0.15) is 13.2 Å². The first-order valence-electron chi connectivity index (χ1n) is 11.6. The number of hydrogen-bond acceptors (Lipinski definition) is 6. The van der Waals surface area contributed by atoms with E-state index in [1.54, 1.807) is 17.0 Å². The molecule has 3 saturated heterocycles. The predicted molar refractivity (Wildman–Crippen MR) is 120 cm³/mol. The molecule has 8 nitrogen and oxygen atoms in total. The fraction of sp³-hybridized carbons (Fsp3) is 0.652. The number of rotatable bonds is 4. The van der Waals surface area contributed by atoms with Crippen molar-refractivity contribution in [1.82, 2.24) is 9.80 Å². The second kappa shape index (κ2) is 12.5. The van der Waals surface area contributed by atoms with Gasteiger partial charge < -0.3 is 24.2 Å². The molecule has 1 aromatic rings. The number of carbonyl (C=O) groups excluding carboxylic acids is 1. The fourth-order valence-electron chi connectivity index (χ4n) is 4.40. The molecule has 36 heavy (non-hydrogen) atoms. The Kier molecular flexibility index (Phi) is 9.93. The molecular formula is C23H29ClF4N2O6. The van der Waals surface area contributed by atoms with Gasteiger partial charge in [-0.15, -0.1) is 0 Å². The van der Waals surface area contributed by atoms with Crippen LogP contribution in [0.5, 0.6) is 0 Å². The smallest absolute Gasteiger partial charge is 0.475 e. The van der Waals surface area contributed by atoms with Gasteiger partial charge in [0.2, 0.25) is 5.91 Å². The number of aliphatic carboxylic acids is 1. The number of hydrogen-bond donors (Lipinski definition) is 1. The van der Waals surface area contributed by atoms with Crippen LogP contribution in [-0.4, -0.2) is 104 Å². The summed E-state index contributed by atoms with van der Waals surface area (Å²) in [7, 11) is 0. The quantitative estimate of drug-likeness (QED) is 0.588. The lowest BCUT2D eigenvalue weighted by Crippen LogP contribution is -2.48. The van der Waals surface area contributed by atoms with Gasteiger partial charge in [-0.1, -0.05) is 17.7 Å². The molecule has 1 N–H and O–H groups in total. The highest BCUT2D eigenvalue weighted by Crippen LogP contribution is 2.34. The van der Waals surface area contributed by atoms with Gasteiger partial charge >= 0.3 is 12.1 Å². The number of carbonyl (C=O) groups is 2. The normalized spacial score (nSPS) is 25.2. The van der Waals surface area contributed by atoms with Crippen LogP contribution in [0.15, 0.2) is 18.2 Å². The largest absolute Gasteiger partial charge is 0.490 e. The predicted octanol–water partition coefficient (Wildman–Crippen LogP) is 2.76. The minimum atomic E-state index is -5.08. The van der Waals surface area contributed by atoms with Gasteiger partial charge in [0.15, 0.2) is 0 Å². The Bertz CT molecular complexity index is 895. The van der Waals surface area contributed by atoms with Crippen LogP contribution in [0, 0.1) is 5.82 Å². The SMILES string of the molecule is O=C(Cc1c(F)cccc1Cl)N1CCOC[C@]2(CC[C@@H](CN3CCOCC3)O2)C1.O=C(O)C(F)(F)F. The van der Waals surface area contributed by atoms with Crippen molar-refractivity contribution in [3.05, 3.63) is 34.6 Å². The second-order valence-electron chi connectivity index (χ2n) is 8.92. The Morgan fingerprint density at radius 3 is 2.44 bits per heavy atom. The first-order valence-corrected chi connectivity index (χ1v) is 11.9. The van der Waals surface area contributed by atoms with E-state index in [0.717, 1.165) is 45.7 Å². The van der Waals surface area contributed by atoms with Crippen LogP contribution in [0.4, 0.5) is 17.6 Å². The molecule has 2 atom stereocenters. The Morgan fingerprint density at radius 2 is 1.81 bits per heavy atom. The lowest BCUT2D eigenvalue weighted by molar-refractivity contribution is -0.192. The summed E-state index contributed by atoms with van der Waals surface area (Å²) < 4.78 is 63.5. The summed E-state index contributed by atoms with van der Waals surface area (Å²) in [6.07, 6.45) is -3.21. The maximum Gasteiger partial charge on any atom is 0.490 e. The van der Waals surface area contributed by atoms with Crippen LogP contribution in [0.25, 0.3) is 0 Å². The average molecular weight is 541 g/mol. The number of morpholine rings is 1.